The van der Waals surface area contributed by atoms with Gasteiger partial charge in [0.15, 0.2) is 0 Å². The fourth-order valence-corrected chi connectivity index (χ4v) is 3.55. The van der Waals surface area contributed by atoms with Crippen LogP contribution in [0.4, 0.5) is 4.79 Å². The van der Waals surface area contributed by atoms with E-state index in [1.54, 1.807) is 51.1 Å². The number of ether oxygens (including phenoxy) is 1. The van der Waals surface area contributed by atoms with Crippen molar-refractivity contribution in [2.24, 2.45) is 5.73 Å². The van der Waals surface area contributed by atoms with Crippen LogP contribution in [0.3, 0.4) is 0 Å². The van der Waals surface area contributed by atoms with Gasteiger partial charge in [-0.3, -0.25) is 19.2 Å². The van der Waals surface area contributed by atoms with Gasteiger partial charge in [0.05, 0.1) is 0 Å². The Hall–Kier alpha value is -4.16. The number of hydrogen-bond acceptors (Lipinski definition) is 7. The van der Waals surface area contributed by atoms with Gasteiger partial charge in [0.25, 0.3) is 0 Å². The molecule has 0 saturated carbocycles. The molecule has 3 atom stereocenters. The highest BCUT2D eigenvalue weighted by molar-refractivity contribution is 5.93. The van der Waals surface area contributed by atoms with Crippen LogP contribution >= 0.6 is 0 Å². The Morgan fingerprint density at radius 1 is 0.897 bits per heavy atom. The summed E-state index contributed by atoms with van der Waals surface area (Å²) in [5.41, 5.74) is 4.97. The number of primary amides is 1. The molecule has 7 N–H and O–H groups in total. The number of benzene rings is 1. The molecule has 13 nitrogen and oxygen atoms in total. The van der Waals surface area contributed by atoms with Crippen LogP contribution < -0.4 is 27.0 Å². The largest absolute Gasteiger partial charge is 0.480 e. The zero-order valence-corrected chi connectivity index (χ0v) is 22.7. The number of nitrogens with two attached hydrogens (primary N) is 1. The number of aliphatic carboxylic acids is 1. The van der Waals surface area contributed by atoms with Gasteiger partial charge in [-0.05, 0) is 45.6 Å². The number of amides is 5. The maximum atomic E-state index is 13.2. The predicted molar refractivity (Wildman–Crippen MR) is 141 cm³/mol. The Morgan fingerprint density at radius 2 is 1.49 bits per heavy atom. The first-order valence-electron chi connectivity index (χ1n) is 12.6. The molecule has 5 amide bonds. The quantitative estimate of drug-likeness (QED) is 0.133. The number of hydrogen-bond donors (Lipinski definition) is 6. The Morgan fingerprint density at radius 3 is 2.03 bits per heavy atom. The molecule has 1 rings (SSSR count). The van der Waals surface area contributed by atoms with Crippen LogP contribution in [-0.4, -0.2) is 71.1 Å². The SMILES string of the molecule is CC(=O)N[C@@H](CCC(=O)OC(C)(C)C)C(=O)N[C@@H](Cc1ccccc1)C(=O)N[C@@H](CCCNC(N)=O)C(=O)O. The van der Waals surface area contributed by atoms with E-state index in [4.69, 9.17) is 10.5 Å². The third-order valence-electron chi connectivity index (χ3n) is 5.25. The van der Waals surface area contributed by atoms with Crippen LogP contribution in [0.2, 0.25) is 0 Å². The molecule has 0 spiro atoms. The van der Waals surface area contributed by atoms with Gasteiger partial charge in [-0.15, -0.1) is 0 Å². The van der Waals surface area contributed by atoms with E-state index >= 15 is 0 Å². The molecule has 13 heteroatoms. The number of rotatable bonds is 15. The molecular weight excluding hydrogens is 510 g/mol. The normalized spacial score (nSPS) is 13.2. The van der Waals surface area contributed by atoms with Crippen LogP contribution in [0.1, 0.15) is 58.9 Å². The second-order valence-corrected chi connectivity index (χ2v) is 9.96. The van der Waals surface area contributed by atoms with E-state index in [2.05, 4.69) is 21.3 Å². The summed E-state index contributed by atoms with van der Waals surface area (Å²) in [6.45, 7) is 6.44. The van der Waals surface area contributed by atoms with E-state index in [0.717, 1.165) is 0 Å². The predicted octanol–water partition coefficient (Wildman–Crippen LogP) is 0.358. The average molecular weight is 550 g/mol. The molecule has 216 valence electrons. The number of nitrogens with one attached hydrogen (secondary N) is 4. The summed E-state index contributed by atoms with van der Waals surface area (Å²) < 4.78 is 5.26. The summed E-state index contributed by atoms with van der Waals surface area (Å²) in [7, 11) is 0. The molecule has 0 aliphatic carbocycles. The lowest BCUT2D eigenvalue weighted by molar-refractivity contribution is -0.155. The number of carboxylic acids is 1. The molecule has 0 aliphatic rings. The van der Waals surface area contributed by atoms with Gasteiger partial charge in [-0.25, -0.2) is 9.59 Å². The standard InChI is InChI=1S/C26H39N5O8/c1-16(32)29-18(12-13-21(33)39-26(2,3)4)22(34)31-20(15-17-9-6-5-7-10-17)23(35)30-19(24(36)37)11-8-14-28-25(27)38/h5-7,9-10,18-20H,8,11-15H2,1-4H3,(H,29,32)(H,30,35)(H,31,34)(H,36,37)(H3,27,28,38)/t18-,19-,20-/m0/s1. The lowest BCUT2D eigenvalue weighted by Crippen LogP contribution is -2.56. The van der Waals surface area contributed by atoms with Crippen LogP contribution in [0.5, 0.6) is 0 Å². The summed E-state index contributed by atoms with van der Waals surface area (Å²) in [5.74, 6) is -3.84. The van der Waals surface area contributed by atoms with Crippen molar-refractivity contribution in [3.8, 4) is 0 Å². The molecule has 0 bridgehead atoms. The van der Waals surface area contributed by atoms with Crippen molar-refractivity contribution < 1.29 is 38.6 Å². The van der Waals surface area contributed by atoms with Gasteiger partial charge in [-0.2, -0.15) is 0 Å². The van der Waals surface area contributed by atoms with Crippen molar-refractivity contribution in [2.45, 2.75) is 83.5 Å². The van der Waals surface area contributed by atoms with Crippen molar-refractivity contribution in [1.82, 2.24) is 21.3 Å². The third-order valence-corrected chi connectivity index (χ3v) is 5.25. The van der Waals surface area contributed by atoms with Gasteiger partial charge in [0.2, 0.25) is 17.7 Å². The minimum Gasteiger partial charge on any atom is -0.480 e. The smallest absolute Gasteiger partial charge is 0.326 e. The molecule has 39 heavy (non-hydrogen) atoms. The first-order valence-corrected chi connectivity index (χ1v) is 12.6. The summed E-state index contributed by atoms with van der Waals surface area (Å²) in [6, 6.07) is 4.38. The van der Waals surface area contributed by atoms with E-state index in [1.807, 2.05) is 0 Å². The van der Waals surface area contributed by atoms with Gasteiger partial charge >= 0.3 is 18.0 Å². The summed E-state index contributed by atoms with van der Waals surface area (Å²) in [6.07, 6.45) is 0.0198. The minimum atomic E-state index is -1.29. The monoisotopic (exact) mass is 549 g/mol. The maximum Gasteiger partial charge on any atom is 0.326 e. The van der Waals surface area contributed by atoms with E-state index in [9.17, 15) is 33.9 Å². The number of carboxylic acid groups (broad SMARTS) is 1. The van der Waals surface area contributed by atoms with Crippen molar-refractivity contribution in [2.75, 3.05) is 6.54 Å². The molecule has 1 aromatic rings. The zero-order chi connectivity index (χ0) is 29.6. The molecule has 0 saturated heterocycles. The highest BCUT2D eigenvalue weighted by Gasteiger charge is 2.30. The summed E-state index contributed by atoms with van der Waals surface area (Å²) in [5, 5.41) is 19.4. The lowest BCUT2D eigenvalue weighted by Gasteiger charge is -2.25. The topological polar surface area (TPSA) is 206 Å². The fraction of sp³-hybridized carbons (Fsp3) is 0.538. The Kier molecular flexibility index (Phi) is 13.4. The molecule has 1 aromatic carbocycles. The highest BCUT2D eigenvalue weighted by Crippen LogP contribution is 2.11. The van der Waals surface area contributed by atoms with E-state index in [-0.39, 0.29) is 38.6 Å². The Bertz CT molecular complexity index is 1010. The van der Waals surface area contributed by atoms with E-state index in [1.165, 1.54) is 6.92 Å². The molecule has 0 aromatic heterocycles. The minimum absolute atomic E-state index is 0.00222. The fourth-order valence-electron chi connectivity index (χ4n) is 3.55. The van der Waals surface area contributed by atoms with E-state index in [0.29, 0.717) is 5.56 Å². The van der Waals surface area contributed by atoms with Crippen molar-refractivity contribution in [1.29, 1.82) is 0 Å². The Balaban J connectivity index is 3.03. The van der Waals surface area contributed by atoms with E-state index < -0.39 is 59.4 Å². The van der Waals surface area contributed by atoms with Crippen LogP contribution in [0.25, 0.3) is 0 Å². The number of carbonyl (C=O) groups excluding carboxylic acids is 5. The van der Waals surface area contributed by atoms with Crippen LogP contribution in [0, 0.1) is 0 Å². The highest BCUT2D eigenvalue weighted by atomic mass is 16.6. The van der Waals surface area contributed by atoms with Crippen molar-refractivity contribution >= 4 is 35.7 Å². The second-order valence-electron chi connectivity index (χ2n) is 9.96. The second kappa shape index (κ2) is 15.9. The third kappa shape index (κ3) is 14.4. The van der Waals surface area contributed by atoms with Gasteiger partial charge in [0.1, 0.15) is 23.7 Å². The molecule has 0 heterocycles. The first-order chi connectivity index (χ1) is 18.2. The molecular formula is C26H39N5O8. The zero-order valence-electron chi connectivity index (χ0n) is 22.7. The molecule has 0 aliphatic heterocycles. The first kappa shape index (κ1) is 32.9. The van der Waals surface area contributed by atoms with Gasteiger partial charge < -0.3 is 36.8 Å². The molecule has 0 fully saturated rings. The summed E-state index contributed by atoms with van der Waals surface area (Å²) >= 11 is 0. The van der Waals surface area contributed by atoms with Crippen molar-refractivity contribution in [3.05, 3.63) is 35.9 Å². The number of esters is 1. The molecule has 0 radical (unpaired) electrons. The number of carbonyl (C=O) groups is 6. The lowest BCUT2D eigenvalue weighted by atomic mass is 10.0. The number of urea groups is 1. The summed E-state index contributed by atoms with van der Waals surface area (Å²) in [4.78, 5) is 72.8. The van der Waals surface area contributed by atoms with Gasteiger partial charge in [0, 0.05) is 26.3 Å². The van der Waals surface area contributed by atoms with Crippen LogP contribution in [-0.2, 0) is 35.1 Å². The average Bonchev–Trinajstić information content (AvgIpc) is 2.82. The Labute approximate surface area is 227 Å². The van der Waals surface area contributed by atoms with Crippen molar-refractivity contribution in [3.63, 3.8) is 0 Å². The molecule has 0 unspecified atom stereocenters. The van der Waals surface area contributed by atoms with Gasteiger partial charge in [-0.1, -0.05) is 30.3 Å². The van der Waals surface area contributed by atoms with Crippen LogP contribution in [0.15, 0.2) is 30.3 Å². The maximum absolute atomic E-state index is 13.2.